The number of hydrogen-bond acceptors (Lipinski definition) is 9. The van der Waals surface area contributed by atoms with Crippen LogP contribution in [0, 0.1) is 23.2 Å². The molecule has 226 valence electrons. The van der Waals surface area contributed by atoms with Crippen LogP contribution in [0.1, 0.15) is 44.6 Å². The Morgan fingerprint density at radius 2 is 2.07 bits per heavy atom. The van der Waals surface area contributed by atoms with Gasteiger partial charge in [-0.3, -0.25) is 25.1 Å². The number of benzene rings is 1. The Hall–Kier alpha value is -2.26. The number of rotatable bonds is 6. The van der Waals surface area contributed by atoms with E-state index in [-0.39, 0.29) is 48.2 Å². The van der Waals surface area contributed by atoms with Crippen LogP contribution >= 0.6 is 11.8 Å². The molecule has 4 aliphatic heterocycles. The van der Waals surface area contributed by atoms with E-state index in [1.165, 1.54) is 23.0 Å². The Morgan fingerprint density at radius 1 is 1.24 bits per heavy atom. The van der Waals surface area contributed by atoms with Crippen molar-refractivity contribution in [3.63, 3.8) is 0 Å². The summed E-state index contributed by atoms with van der Waals surface area (Å²) in [5.74, 6) is 0.455. The van der Waals surface area contributed by atoms with E-state index < -0.39 is 11.1 Å². The van der Waals surface area contributed by atoms with Gasteiger partial charge in [-0.25, -0.2) is 0 Å². The molecule has 8 atom stereocenters. The van der Waals surface area contributed by atoms with Crippen LogP contribution in [-0.2, 0) is 20.7 Å². The minimum atomic E-state index is -0.459. The number of nitrogens with one attached hydrogen (secondary N) is 2. The first-order valence-corrected chi connectivity index (χ1v) is 16.4. The fraction of sp³-hybridized carbons (Fsp3) is 0.656. The summed E-state index contributed by atoms with van der Waals surface area (Å²) < 4.78 is 6.03. The lowest BCUT2D eigenvalue weighted by molar-refractivity contribution is -0.146. The Balaban J connectivity index is 1.26. The van der Waals surface area contributed by atoms with Crippen LogP contribution in [0.25, 0.3) is 0 Å². The number of carbonyl (C=O) groups excluding carboxylic acids is 2. The highest BCUT2D eigenvalue weighted by Gasteiger charge is 2.58. The molecule has 1 amide bonds. The van der Waals surface area contributed by atoms with Gasteiger partial charge in [0.05, 0.1) is 42.1 Å². The summed E-state index contributed by atoms with van der Waals surface area (Å²) in [7, 11) is 2.15. The number of likely N-dealkylation sites (tertiary alicyclic amines) is 1. The lowest BCUT2D eigenvalue weighted by Crippen LogP contribution is -2.75. The lowest BCUT2D eigenvalue weighted by atomic mass is 9.68. The Labute approximate surface area is 254 Å². The molecule has 7 unspecified atom stereocenters. The zero-order valence-corrected chi connectivity index (χ0v) is 25.7. The standard InChI is InChI=1S/C32H44N6O3S/c1-4-27(39)38-17-16-37(19-23(38)12-14-33)30-25-11-13-32(21(2)18-22-8-5-6-10-26(22)42-32)29(40)28(25)34-31(35-30)41-20-24-9-7-15-36(24)3/h4-6,8,10,21,23-25,28,30-31,34-35H,1,7,9,11-13,15-20H2,2-3H3/t21?,23?,24?,25?,28?,30?,31?,32-/m1/s1. The minimum Gasteiger partial charge on any atom is -0.348 e. The molecule has 0 aromatic heterocycles. The molecule has 3 saturated heterocycles. The quantitative estimate of drug-likeness (QED) is 0.483. The average molecular weight is 593 g/mol. The third-order valence-corrected chi connectivity index (χ3v) is 12.2. The molecule has 5 aliphatic rings. The number of nitrogens with zero attached hydrogens (tertiary/aromatic N) is 4. The van der Waals surface area contributed by atoms with Crippen molar-refractivity contribution in [3.05, 3.63) is 42.5 Å². The zero-order chi connectivity index (χ0) is 29.4. The van der Waals surface area contributed by atoms with Gasteiger partial charge in [0.1, 0.15) is 0 Å². The molecule has 4 fully saturated rings. The van der Waals surface area contributed by atoms with Crippen LogP contribution in [0.2, 0.25) is 0 Å². The topological polar surface area (TPSA) is 101 Å². The molecule has 42 heavy (non-hydrogen) atoms. The second-order valence-corrected chi connectivity index (χ2v) is 14.1. The normalized spacial score (nSPS) is 37.2. The molecule has 1 aliphatic carbocycles. The van der Waals surface area contributed by atoms with E-state index in [2.05, 4.69) is 71.3 Å². The molecule has 4 heterocycles. The largest absolute Gasteiger partial charge is 0.348 e. The maximum atomic E-state index is 14.7. The number of amides is 1. The number of fused-ring (bicyclic) bond motifs is 2. The maximum absolute atomic E-state index is 14.7. The van der Waals surface area contributed by atoms with Crippen molar-refractivity contribution in [1.82, 2.24) is 25.3 Å². The molecule has 1 spiro atoms. The molecule has 0 bridgehead atoms. The van der Waals surface area contributed by atoms with Gasteiger partial charge in [0.15, 0.2) is 12.1 Å². The van der Waals surface area contributed by atoms with E-state index in [9.17, 15) is 14.9 Å². The Bertz CT molecular complexity index is 1240. The van der Waals surface area contributed by atoms with Gasteiger partial charge in [0.25, 0.3) is 0 Å². The molecule has 1 aromatic rings. The fourth-order valence-corrected chi connectivity index (χ4v) is 9.55. The van der Waals surface area contributed by atoms with Gasteiger partial charge in [0, 0.05) is 36.5 Å². The summed E-state index contributed by atoms with van der Waals surface area (Å²) in [6.07, 6.45) is 6.00. The van der Waals surface area contributed by atoms with E-state index in [0.717, 1.165) is 32.2 Å². The highest BCUT2D eigenvalue weighted by atomic mass is 32.2. The highest BCUT2D eigenvalue weighted by Crippen LogP contribution is 2.53. The number of carbonyl (C=O) groups is 2. The molecule has 6 rings (SSSR count). The van der Waals surface area contributed by atoms with Crippen LogP contribution in [0.5, 0.6) is 0 Å². The number of thioether (sulfide) groups is 1. The van der Waals surface area contributed by atoms with Crippen LogP contribution in [0.4, 0.5) is 0 Å². The Kier molecular flexibility index (Phi) is 8.79. The van der Waals surface area contributed by atoms with Crippen molar-refractivity contribution in [3.8, 4) is 6.07 Å². The van der Waals surface area contributed by atoms with Crippen molar-refractivity contribution >= 4 is 23.5 Å². The summed E-state index contributed by atoms with van der Waals surface area (Å²) in [5, 5.41) is 16.9. The van der Waals surface area contributed by atoms with Gasteiger partial charge in [-0.2, -0.15) is 5.26 Å². The van der Waals surface area contributed by atoms with E-state index in [0.29, 0.717) is 32.3 Å². The summed E-state index contributed by atoms with van der Waals surface area (Å²) in [6.45, 7) is 9.35. The van der Waals surface area contributed by atoms with Gasteiger partial charge >= 0.3 is 0 Å². The second kappa shape index (κ2) is 12.4. The molecule has 9 nitrogen and oxygen atoms in total. The number of Topliss-reactive ketones (excluding diaryl/α,β-unsaturated/α-hetero) is 1. The van der Waals surface area contributed by atoms with Crippen molar-refractivity contribution in [2.75, 3.05) is 39.8 Å². The first kappa shape index (κ1) is 29.8. The van der Waals surface area contributed by atoms with Crippen LogP contribution in [-0.4, -0.2) is 102 Å². The van der Waals surface area contributed by atoms with Gasteiger partial charge in [-0.05, 0) is 69.3 Å². The SMILES string of the molecule is C=CC(=O)N1CCN(C2NC(OCC3CCCN3C)NC3C(=O)[C@]4(CCC32)Sc2ccccc2CC4C)CC1CC#N. The number of ketones is 1. The molecule has 0 radical (unpaired) electrons. The molecular formula is C32H44N6O3S. The maximum Gasteiger partial charge on any atom is 0.246 e. The van der Waals surface area contributed by atoms with Crippen LogP contribution in [0.3, 0.4) is 0 Å². The number of ether oxygens (including phenoxy) is 1. The van der Waals surface area contributed by atoms with E-state index >= 15 is 0 Å². The van der Waals surface area contributed by atoms with Crippen LogP contribution in [0.15, 0.2) is 41.8 Å². The molecule has 2 N–H and O–H groups in total. The van der Waals surface area contributed by atoms with Gasteiger partial charge < -0.3 is 14.5 Å². The van der Waals surface area contributed by atoms with Crippen molar-refractivity contribution in [2.45, 2.75) is 85.7 Å². The summed E-state index contributed by atoms with van der Waals surface area (Å²) in [5.41, 5.74) is 1.34. The number of hydrogen-bond donors (Lipinski definition) is 2. The summed E-state index contributed by atoms with van der Waals surface area (Å²) in [6, 6.07) is 10.6. The van der Waals surface area contributed by atoms with Crippen molar-refractivity contribution in [1.29, 1.82) is 5.26 Å². The second-order valence-electron chi connectivity index (χ2n) is 12.8. The smallest absolute Gasteiger partial charge is 0.246 e. The zero-order valence-electron chi connectivity index (χ0n) is 24.8. The van der Waals surface area contributed by atoms with Crippen molar-refractivity contribution < 1.29 is 14.3 Å². The van der Waals surface area contributed by atoms with Gasteiger partial charge in [-0.15, -0.1) is 11.8 Å². The molecular weight excluding hydrogens is 548 g/mol. The lowest BCUT2D eigenvalue weighted by Gasteiger charge is -2.56. The van der Waals surface area contributed by atoms with E-state index in [4.69, 9.17) is 4.74 Å². The molecule has 1 saturated carbocycles. The monoisotopic (exact) mass is 592 g/mol. The first-order chi connectivity index (χ1) is 20.3. The average Bonchev–Trinajstić information content (AvgIpc) is 3.42. The third kappa shape index (κ3) is 5.44. The number of likely N-dealkylation sites (N-methyl/N-ethyl adjacent to an activating group) is 1. The van der Waals surface area contributed by atoms with E-state index in [1.54, 1.807) is 16.7 Å². The predicted octanol–water partition coefficient (Wildman–Crippen LogP) is 2.58. The van der Waals surface area contributed by atoms with Crippen LogP contribution < -0.4 is 10.6 Å². The fourth-order valence-electron chi connectivity index (χ4n) is 8.00. The predicted molar refractivity (Wildman–Crippen MR) is 162 cm³/mol. The van der Waals surface area contributed by atoms with Gasteiger partial charge in [-0.1, -0.05) is 31.7 Å². The number of nitriles is 1. The van der Waals surface area contributed by atoms with E-state index in [1.807, 2.05) is 0 Å². The van der Waals surface area contributed by atoms with Crippen molar-refractivity contribution in [2.24, 2.45) is 11.8 Å². The summed E-state index contributed by atoms with van der Waals surface area (Å²) in [4.78, 5) is 35.0. The highest BCUT2D eigenvalue weighted by molar-refractivity contribution is 8.01. The first-order valence-electron chi connectivity index (χ1n) is 15.5. The third-order valence-electron chi connectivity index (χ3n) is 10.4. The summed E-state index contributed by atoms with van der Waals surface area (Å²) >= 11 is 1.78. The number of piperazine rings is 1. The molecule has 10 heteroatoms. The molecule has 1 aromatic carbocycles. The Morgan fingerprint density at radius 3 is 2.83 bits per heavy atom. The van der Waals surface area contributed by atoms with Gasteiger partial charge in [0.2, 0.25) is 5.91 Å². The minimum absolute atomic E-state index is 0.0616.